The number of morpholine rings is 1. The largest absolute Gasteiger partial charge is 0.368 e. The molecule has 2 rings (SSSR count). The van der Waals surface area contributed by atoms with Gasteiger partial charge in [0.15, 0.2) is 0 Å². The van der Waals surface area contributed by atoms with E-state index in [1.54, 1.807) is 0 Å². The number of rotatable bonds is 2. The van der Waals surface area contributed by atoms with Gasteiger partial charge in [0, 0.05) is 18.1 Å². The monoisotopic (exact) mass is 225 g/mol. The Morgan fingerprint density at radius 3 is 3.07 bits per heavy atom. The second-order valence-electron chi connectivity index (χ2n) is 3.87. The Balaban J connectivity index is 2.09. The zero-order chi connectivity index (χ0) is 10.7. The minimum absolute atomic E-state index is 0.141. The van der Waals surface area contributed by atoms with E-state index in [4.69, 9.17) is 16.3 Å². The summed E-state index contributed by atoms with van der Waals surface area (Å²) in [5.74, 6) is 0. The van der Waals surface area contributed by atoms with E-state index in [0.717, 1.165) is 30.1 Å². The number of nitrogens with one attached hydrogen (secondary N) is 1. The quantitative estimate of drug-likeness (QED) is 0.836. The van der Waals surface area contributed by atoms with Crippen LogP contribution < -0.4 is 5.32 Å². The minimum Gasteiger partial charge on any atom is -0.368 e. The Hall–Kier alpha value is -0.570. The van der Waals surface area contributed by atoms with Crippen molar-refractivity contribution < 1.29 is 4.74 Å². The molecule has 0 aliphatic carbocycles. The fraction of sp³-hybridized carbons (Fsp3) is 0.500. The lowest BCUT2D eigenvalue weighted by molar-refractivity contribution is -0.0399. The Bertz CT molecular complexity index is 329. The molecule has 1 N–H and O–H groups in total. The third-order valence-corrected chi connectivity index (χ3v) is 2.97. The highest BCUT2D eigenvalue weighted by atomic mass is 35.5. The molecule has 2 unspecified atom stereocenters. The van der Waals surface area contributed by atoms with E-state index < -0.39 is 0 Å². The van der Waals surface area contributed by atoms with Gasteiger partial charge < -0.3 is 10.1 Å². The highest BCUT2D eigenvalue weighted by molar-refractivity contribution is 6.30. The van der Waals surface area contributed by atoms with Crippen molar-refractivity contribution in [3.05, 3.63) is 34.9 Å². The van der Waals surface area contributed by atoms with Gasteiger partial charge in [0.05, 0.1) is 12.2 Å². The van der Waals surface area contributed by atoms with Crippen molar-refractivity contribution in [1.29, 1.82) is 0 Å². The third kappa shape index (κ3) is 2.71. The van der Waals surface area contributed by atoms with E-state index in [0.29, 0.717) is 6.10 Å². The van der Waals surface area contributed by atoms with Crippen LogP contribution in [0.4, 0.5) is 0 Å². The van der Waals surface area contributed by atoms with E-state index in [1.165, 1.54) is 0 Å². The normalized spacial score (nSPS) is 26.5. The number of hydrogen-bond acceptors (Lipinski definition) is 2. The van der Waals surface area contributed by atoms with Gasteiger partial charge in [-0.1, -0.05) is 30.7 Å². The van der Waals surface area contributed by atoms with Crippen LogP contribution in [0.2, 0.25) is 5.02 Å². The molecule has 0 amide bonds. The van der Waals surface area contributed by atoms with Crippen LogP contribution in [-0.2, 0) is 4.74 Å². The molecule has 1 saturated heterocycles. The number of ether oxygens (including phenoxy) is 1. The first-order valence-corrected chi connectivity index (χ1v) is 5.79. The lowest BCUT2D eigenvalue weighted by Crippen LogP contribution is -2.40. The van der Waals surface area contributed by atoms with E-state index in [1.807, 2.05) is 18.2 Å². The second kappa shape index (κ2) is 4.97. The molecule has 1 aliphatic rings. The van der Waals surface area contributed by atoms with Crippen LogP contribution in [0.3, 0.4) is 0 Å². The van der Waals surface area contributed by atoms with Crippen molar-refractivity contribution in [3.63, 3.8) is 0 Å². The Labute approximate surface area is 95.6 Å². The molecule has 1 aromatic carbocycles. The third-order valence-electron chi connectivity index (χ3n) is 2.73. The topological polar surface area (TPSA) is 21.3 Å². The van der Waals surface area contributed by atoms with Crippen LogP contribution in [0.15, 0.2) is 24.3 Å². The maximum atomic E-state index is 5.96. The Kier molecular flexibility index (Phi) is 3.62. The summed E-state index contributed by atoms with van der Waals surface area (Å²) in [6, 6.07) is 7.90. The lowest BCUT2D eigenvalue weighted by Gasteiger charge is -2.30. The lowest BCUT2D eigenvalue weighted by atomic mass is 10.1. The first-order valence-electron chi connectivity index (χ1n) is 5.41. The smallest absolute Gasteiger partial charge is 0.0954 e. The van der Waals surface area contributed by atoms with Gasteiger partial charge in [0.2, 0.25) is 0 Å². The standard InChI is InChI=1S/C12H16ClNO/c1-2-11-7-14-8-12(15-11)9-4-3-5-10(13)6-9/h3-6,11-12,14H,2,7-8H2,1H3. The van der Waals surface area contributed by atoms with Gasteiger partial charge in [-0.3, -0.25) is 0 Å². The number of benzene rings is 1. The molecule has 1 aliphatic heterocycles. The van der Waals surface area contributed by atoms with Gasteiger partial charge in [0.25, 0.3) is 0 Å². The zero-order valence-corrected chi connectivity index (χ0v) is 9.63. The summed E-state index contributed by atoms with van der Waals surface area (Å²) in [6.45, 7) is 3.97. The molecule has 0 aromatic heterocycles. The Morgan fingerprint density at radius 2 is 2.33 bits per heavy atom. The molecule has 15 heavy (non-hydrogen) atoms. The molecule has 1 fully saturated rings. The molecule has 82 valence electrons. The summed E-state index contributed by atoms with van der Waals surface area (Å²) in [7, 11) is 0. The summed E-state index contributed by atoms with van der Waals surface area (Å²) < 4.78 is 5.96. The molecule has 0 radical (unpaired) electrons. The molecule has 0 bridgehead atoms. The fourth-order valence-electron chi connectivity index (χ4n) is 1.85. The van der Waals surface area contributed by atoms with Gasteiger partial charge in [-0.25, -0.2) is 0 Å². The van der Waals surface area contributed by atoms with Crippen LogP contribution in [-0.4, -0.2) is 19.2 Å². The predicted molar refractivity (Wildman–Crippen MR) is 62.2 cm³/mol. The van der Waals surface area contributed by atoms with Crippen LogP contribution in [0.25, 0.3) is 0 Å². The predicted octanol–water partition coefficient (Wildman–Crippen LogP) is 2.78. The molecular formula is C12H16ClNO. The maximum Gasteiger partial charge on any atom is 0.0954 e. The average Bonchev–Trinajstić information content (AvgIpc) is 2.29. The van der Waals surface area contributed by atoms with Crippen molar-refractivity contribution in [1.82, 2.24) is 5.32 Å². The Morgan fingerprint density at radius 1 is 1.47 bits per heavy atom. The van der Waals surface area contributed by atoms with Gasteiger partial charge in [-0.2, -0.15) is 0 Å². The SMILES string of the molecule is CCC1CNCC(c2cccc(Cl)c2)O1. The molecule has 0 spiro atoms. The molecule has 2 atom stereocenters. The zero-order valence-electron chi connectivity index (χ0n) is 8.87. The first kappa shape index (κ1) is 10.9. The van der Waals surface area contributed by atoms with Gasteiger partial charge in [-0.05, 0) is 24.1 Å². The van der Waals surface area contributed by atoms with Crippen molar-refractivity contribution >= 4 is 11.6 Å². The van der Waals surface area contributed by atoms with Crippen molar-refractivity contribution in [2.45, 2.75) is 25.6 Å². The molecular weight excluding hydrogens is 210 g/mol. The summed E-state index contributed by atoms with van der Waals surface area (Å²) in [5.41, 5.74) is 1.16. The fourth-order valence-corrected chi connectivity index (χ4v) is 2.05. The summed E-state index contributed by atoms with van der Waals surface area (Å²) in [4.78, 5) is 0. The first-order chi connectivity index (χ1) is 7.29. The maximum absolute atomic E-state index is 5.96. The van der Waals surface area contributed by atoms with Crippen molar-refractivity contribution in [2.75, 3.05) is 13.1 Å². The molecule has 1 heterocycles. The molecule has 0 saturated carbocycles. The highest BCUT2D eigenvalue weighted by Crippen LogP contribution is 2.24. The van der Waals surface area contributed by atoms with Crippen molar-refractivity contribution in [2.24, 2.45) is 0 Å². The summed E-state index contributed by atoms with van der Waals surface area (Å²) in [6.07, 6.45) is 1.51. The number of hydrogen-bond donors (Lipinski definition) is 1. The molecule has 1 aromatic rings. The van der Waals surface area contributed by atoms with E-state index in [9.17, 15) is 0 Å². The van der Waals surface area contributed by atoms with Crippen LogP contribution in [0.1, 0.15) is 25.0 Å². The van der Waals surface area contributed by atoms with Crippen LogP contribution in [0, 0.1) is 0 Å². The van der Waals surface area contributed by atoms with Crippen molar-refractivity contribution in [3.8, 4) is 0 Å². The molecule has 3 heteroatoms. The highest BCUT2D eigenvalue weighted by Gasteiger charge is 2.21. The van der Waals surface area contributed by atoms with Gasteiger partial charge >= 0.3 is 0 Å². The average molecular weight is 226 g/mol. The van der Waals surface area contributed by atoms with Crippen LogP contribution >= 0.6 is 11.6 Å². The van der Waals surface area contributed by atoms with Gasteiger partial charge in [-0.15, -0.1) is 0 Å². The number of halogens is 1. The second-order valence-corrected chi connectivity index (χ2v) is 4.30. The summed E-state index contributed by atoms with van der Waals surface area (Å²) >= 11 is 5.96. The van der Waals surface area contributed by atoms with Gasteiger partial charge in [0.1, 0.15) is 0 Å². The minimum atomic E-state index is 0.141. The van der Waals surface area contributed by atoms with E-state index >= 15 is 0 Å². The van der Waals surface area contributed by atoms with E-state index in [-0.39, 0.29) is 6.10 Å². The van der Waals surface area contributed by atoms with E-state index in [2.05, 4.69) is 18.3 Å². The molecule has 2 nitrogen and oxygen atoms in total. The summed E-state index contributed by atoms with van der Waals surface area (Å²) in [5, 5.41) is 4.16. The van der Waals surface area contributed by atoms with Crippen LogP contribution in [0.5, 0.6) is 0 Å².